The van der Waals surface area contributed by atoms with E-state index < -0.39 is 5.97 Å². The third kappa shape index (κ3) is 3.06. The van der Waals surface area contributed by atoms with Crippen LogP contribution in [0.25, 0.3) is 0 Å². The standard InChI is InChI=1S/C12H17NO2/c1-8-4-5-11(10(3)9(8)2)6-13-7-12(14)15/h4-5,13H,6-7H2,1-3H3,(H,14,15). The third-order valence-corrected chi connectivity index (χ3v) is 2.76. The maximum Gasteiger partial charge on any atom is 0.317 e. The van der Waals surface area contributed by atoms with E-state index in [-0.39, 0.29) is 6.54 Å². The fourth-order valence-corrected chi connectivity index (χ4v) is 1.51. The third-order valence-electron chi connectivity index (χ3n) is 2.76. The highest BCUT2D eigenvalue weighted by atomic mass is 16.4. The fourth-order valence-electron chi connectivity index (χ4n) is 1.51. The van der Waals surface area contributed by atoms with Gasteiger partial charge in [-0.25, -0.2) is 0 Å². The van der Waals surface area contributed by atoms with Crippen molar-refractivity contribution in [3.05, 3.63) is 34.4 Å². The number of aliphatic carboxylic acids is 1. The number of carbonyl (C=O) groups is 1. The van der Waals surface area contributed by atoms with E-state index in [0.29, 0.717) is 6.54 Å². The maximum absolute atomic E-state index is 10.3. The maximum atomic E-state index is 10.3. The molecule has 0 aliphatic rings. The average molecular weight is 207 g/mol. The van der Waals surface area contributed by atoms with Crippen LogP contribution in [0.15, 0.2) is 12.1 Å². The van der Waals surface area contributed by atoms with Crippen LogP contribution in [0.1, 0.15) is 22.3 Å². The Hall–Kier alpha value is -1.35. The lowest BCUT2D eigenvalue weighted by molar-refractivity contribution is -0.135. The van der Waals surface area contributed by atoms with Crippen LogP contribution in [-0.2, 0) is 11.3 Å². The molecule has 1 aromatic rings. The summed E-state index contributed by atoms with van der Waals surface area (Å²) in [5, 5.41) is 11.4. The molecule has 0 atom stereocenters. The van der Waals surface area contributed by atoms with Crippen molar-refractivity contribution >= 4 is 5.97 Å². The minimum absolute atomic E-state index is 0.00631. The van der Waals surface area contributed by atoms with Crippen LogP contribution < -0.4 is 5.32 Å². The van der Waals surface area contributed by atoms with Crippen molar-refractivity contribution in [3.63, 3.8) is 0 Å². The zero-order valence-electron chi connectivity index (χ0n) is 9.42. The highest BCUT2D eigenvalue weighted by molar-refractivity contribution is 5.69. The molecule has 0 unspecified atom stereocenters. The number of aryl methyl sites for hydroxylation is 1. The van der Waals surface area contributed by atoms with Gasteiger partial charge in [-0.05, 0) is 43.0 Å². The Bertz CT molecular complexity index is 372. The number of nitrogens with one attached hydrogen (secondary N) is 1. The number of hydrogen-bond acceptors (Lipinski definition) is 2. The molecule has 1 rings (SSSR count). The Labute approximate surface area is 90.1 Å². The van der Waals surface area contributed by atoms with Gasteiger partial charge in [0.05, 0.1) is 6.54 Å². The van der Waals surface area contributed by atoms with Crippen molar-refractivity contribution in [2.75, 3.05) is 6.54 Å². The fraction of sp³-hybridized carbons (Fsp3) is 0.417. The lowest BCUT2D eigenvalue weighted by Crippen LogP contribution is -2.22. The quantitative estimate of drug-likeness (QED) is 0.791. The average Bonchev–Trinajstić information content (AvgIpc) is 2.18. The molecular weight excluding hydrogens is 190 g/mol. The molecule has 0 radical (unpaired) electrons. The van der Waals surface area contributed by atoms with Crippen molar-refractivity contribution in [1.29, 1.82) is 0 Å². The van der Waals surface area contributed by atoms with Crippen LogP contribution in [0.3, 0.4) is 0 Å². The number of carboxylic acid groups (broad SMARTS) is 1. The highest BCUT2D eigenvalue weighted by Gasteiger charge is 2.03. The number of carboxylic acids is 1. The van der Waals surface area contributed by atoms with Crippen LogP contribution >= 0.6 is 0 Å². The second-order valence-corrected chi connectivity index (χ2v) is 3.79. The molecule has 2 N–H and O–H groups in total. The van der Waals surface area contributed by atoms with Gasteiger partial charge in [0.25, 0.3) is 0 Å². The molecule has 0 aromatic heterocycles. The van der Waals surface area contributed by atoms with Crippen molar-refractivity contribution in [1.82, 2.24) is 5.32 Å². The van der Waals surface area contributed by atoms with E-state index in [1.165, 1.54) is 22.3 Å². The molecule has 82 valence electrons. The Morgan fingerprint density at radius 2 is 1.93 bits per heavy atom. The molecule has 0 spiro atoms. The number of rotatable bonds is 4. The molecule has 1 aromatic carbocycles. The first kappa shape index (κ1) is 11.7. The van der Waals surface area contributed by atoms with Gasteiger partial charge in [0.15, 0.2) is 0 Å². The van der Waals surface area contributed by atoms with Gasteiger partial charge < -0.3 is 10.4 Å². The SMILES string of the molecule is Cc1ccc(CNCC(=O)O)c(C)c1C. The van der Waals surface area contributed by atoms with Gasteiger partial charge in [0, 0.05) is 6.54 Å². The first-order valence-corrected chi connectivity index (χ1v) is 5.00. The normalized spacial score (nSPS) is 10.3. The summed E-state index contributed by atoms with van der Waals surface area (Å²) in [6.07, 6.45) is 0. The van der Waals surface area contributed by atoms with Crippen molar-refractivity contribution in [2.45, 2.75) is 27.3 Å². The molecule has 0 bridgehead atoms. The van der Waals surface area contributed by atoms with Crippen molar-refractivity contribution in [3.8, 4) is 0 Å². The Morgan fingerprint density at radius 3 is 2.53 bits per heavy atom. The van der Waals surface area contributed by atoms with E-state index >= 15 is 0 Å². The number of hydrogen-bond donors (Lipinski definition) is 2. The Morgan fingerprint density at radius 1 is 1.27 bits per heavy atom. The summed E-state index contributed by atoms with van der Waals surface area (Å²) in [6.45, 7) is 6.86. The van der Waals surface area contributed by atoms with E-state index in [4.69, 9.17) is 5.11 Å². The van der Waals surface area contributed by atoms with E-state index in [1.807, 2.05) is 6.07 Å². The monoisotopic (exact) mass is 207 g/mol. The van der Waals surface area contributed by atoms with E-state index in [9.17, 15) is 4.79 Å². The molecule has 15 heavy (non-hydrogen) atoms. The van der Waals surface area contributed by atoms with Gasteiger partial charge in [0.2, 0.25) is 0 Å². The zero-order chi connectivity index (χ0) is 11.4. The van der Waals surface area contributed by atoms with Crippen LogP contribution in [0.4, 0.5) is 0 Å². The van der Waals surface area contributed by atoms with Gasteiger partial charge >= 0.3 is 5.97 Å². The summed E-state index contributed by atoms with van der Waals surface area (Å²) in [4.78, 5) is 10.3. The first-order chi connectivity index (χ1) is 7.02. The highest BCUT2D eigenvalue weighted by Crippen LogP contribution is 2.16. The second kappa shape index (κ2) is 4.94. The smallest absolute Gasteiger partial charge is 0.317 e. The van der Waals surface area contributed by atoms with E-state index in [1.54, 1.807) is 0 Å². The Kier molecular flexibility index (Phi) is 3.86. The molecule has 0 saturated heterocycles. The van der Waals surface area contributed by atoms with Gasteiger partial charge in [-0.2, -0.15) is 0 Å². The second-order valence-electron chi connectivity index (χ2n) is 3.79. The molecule has 0 saturated carbocycles. The summed E-state index contributed by atoms with van der Waals surface area (Å²) in [6, 6.07) is 4.12. The largest absolute Gasteiger partial charge is 0.480 e. The predicted molar refractivity (Wildman–Crippen MR) is 60.0 cm³/mol. The predicted octanol–water partition coefficient (Wildman–Crippen LogP) is 1.79. The molecule has 0 aliphatic heterocycles. The summed E-state index contributed by atoms with van der Waals surface area (Å²) in [7, 11) is 0. The first-order valence-electron chi connectivity index (χ1n) is 5.00. The number of benzene rings is 1. The minimum Gasteiger partial charge on any atom is -0.480 e. The summed E-state index contributed by atoms with van der Waals surface area (Å²) in [5.41, 5.74) is 4.96. The van der Waals surface area contributed by atoms with Crippen LogP contribution in [0.5, 0.6) is 0 Å². The van der Waals surface area contributed by atoms with Crippen molar-refractivity contribution < 1.29 is 9.90 Å². The Balaban J connectivity index is 2.70. The zero-order valence-corrected chi connectivity index (χ0v) is 9.42. The van der Waals surface area contributed by atoms with Crippen LogP contribution in [0.2, 0.25) is 0 Å². The van der Waals surface area contributed by atoms with Crippen molar-refractivity contribution in [2.24, 2.45) is 0 Å². The molecule has 0 fully saturated rings. The van der Waals surface area contributed by atoms with Gasteiger partial charge in [-0.1, -0.05) is 12.1 Å². The molecule has 0 amide bonds. The van der Waals surface area contributed by atoms with E-state index in [2.05, 4.69) is 32.2 Å². The molecule has 0 aliphatic carbocycles. The topological polar surface area (TPSA) is 49.3 Å². The molecule has 0 heterocycles. The summed E-state index contributed by atoms with van der Waals surface area (Å²) >= 11 is 0. The lowest BCUT2D eigenvalue weighted by atomic mass is 9.99. The summed E-state index contributed by atoms with van der Waals surface area (Å²) in [5.74, 6) is -0.823. The van der Waals surface area contributed by atoms with Crippen LogP contribution in [0, 0.1) is 20.8 Å². The van der Waals surface area contributed by atoms with Gasteiger partial charge in [-0.15, -0.1) is 0 Å². The van der Waals surface area contributed by atoms with E-state index in [0.717, 1.165) is 0 Å². The van der Waals surface area contributed by atoms with Gasteiger partial charge in [0.1, 0.15) is 0 Å². The van der Waals surface area contributed by atoms with Crippen LogP contribution in [-0.4, -0.2) is 17.6 Å². The summed E-state index contributed by atoms with van der Waals surface area (Å²) < 4.78 is 0. The van der Waals surface area contributed by atoms with Gasteiger partial charge in [-0.3, -0.25) is 4.79 Å². The molecule has 3 nitrogen and oxygen atoms in total. The lowest BCUT2D eigenvalue weighted by Gasteiger charge is -2.11. The molecular formula is C12H17NO2. The minimum atomic E-state index is -0.823. The molecule has 3 heteroatoms.